The minimum atomic E-state index is -4.69. The molecule has 1 amide bonds. The van der Waals surface area contributed by atoms with Gasteiger partial charge in [0.25, 0.3) is 0 Å². The van der Waals surface area contributed by atoms with Gasteiger partial charge in [0.1, 0.15) is 5.75 Å². The highest BCUT2D eigenvalue weighted by molar-refractivity contribution is 5.86. The minimum absolute atomic E-state index is 0.0237. The molecule has 4 nitrogen and oxygen atoms in total. The van der Waals surface area contributed by atoms with Crippen LogP contribution >= 0.6 is 0 Å². The maximum Gasteiger partial charge on any atom is 0.573 e. The van der Waals surface area contributed by atoms with E-state index in [2.05, 4.69) is 10.1 Å². The quantitative estimate of drug-likeness (QED) is 0.931. The van der Waals surface area contributed by atoms with Gasteiger partial charge in [0.05, 0.1) is 5.54 Å². The van der Waals surface area contributed by atoms with E-state index in [1.165, 1.54) is 24.3 Å². The van der Waals surface area contributed by atoms with Crippen LogP contribution in [0, 0.1) is 0 Å². The van der Waals surface area contributed by atoms with Crippen molar-refractivity contribution in [3.63, 3.8) is 0 Å². The van der Waals surface area contributed by atoms with Gasteiger partial charge in [-0.15, -0.1) is 13.2 Å². The molecule has 1 N–H and O–H groups in total. The van der Waals surface area contributed by atoms with Crippen LogP contribution in [-0.2, 0) is 11.3 Å². The Morgan fingerprint density at radius 3 is 2.48 bits per heavy atom. The third-order valence-corrected chi connectivity index (χ3v) is 3.30. The summed E-state index contributed by atoms with van der Waals surface area (Å²) < 4.78 is 40.0. The fourth-order valence-corrected chi connectivity index (χ4v) is 2.24. The first-order chi connectivity index (χ1) is 9.67. The van der Waals surface area contributed by atoms with Crippen molar-refractivity contribution in [2.24, 2.45) is 0 Å². The average Bonchev–Trinajstić information content (AvgIpc) is 2.35. The van der Waals surface area contributed by atoms with Crippen molar-refractivity contribution in [3.8, 4) is 5.75 Å². The molecule has 1 aromatic carbocycles. The molecule has 1 aromatic rings. The zero-order valence-electron chi connectivity index (χ0n) is 11.8. The van der Waals surface area contributed by atoms with Gasteiger partial charge in [-0.3, -0.25) is 4.79 Å². The number of amides is 1. The molecule has 1 aliphatic rings. The summed E-state index contributed by atoms with van der Waals surface area (Å²) in [6.07, 6.45) is -4.69. The lowest BCUT2D eigenvalue weighted by Gasteiger charge is -2.38. The second-order valence-corrected chi connectivity index (χ2v) is 5.47. The van der Waals surface area contributed by atoms with Gasteiger partial charge in [-0.2, -0.15) is 0 Å². The standard InChI is InChI=1S/C14H17F3N2O2/c1-13(2)12(20)19(8-7-18-13)9-10-3-5-11(6-4-10)21-14(15,16)17/h3-6,18H,7-9H2,1-2H3. The molecule has 0 unspecified atom stereocenters. The number of hydrogen-bond donors (Lipinski definition) is 1. The van der Waals surface area contributed by atoms with Gasteiger partial charge in [-0.1, -0.05) is 12.1 Å². The molecule has 116 valence electrons. The van der Waals surface area contributed by atoms with E-state index in [-0.39, 0.29) is 11.7 Å². The smallest absolute Gasteiger partial charge is 0.406 e. The van der Waals surface area contributed by atoms with Crippen molar-refractivity contribution in [2.75, 3.05) is 13.1 Å². The summed E-state index contributed by atoms with van der Waals surface area (Å²) in [5.41, 5.74) is 0.146. The number of piperazine rings is 1. The minimum Gasteiger partial charge on any atom is -0.406 e. The number of halogens is 3. The third-order valence-electron chi connectivity index (χ3n) is 3.30. The number of hydrogen-bond acceptors (Lipinski definition) is 3. The Balaban J connectivity index is 2.02. The van der Waals surface area contributed by atoms with Gasteiger partial charge in [0.2, 0.25) is 5.91 Å². The fraction of sp³-hybridized carbons (Fsp3) is 0.500. The Hall–Kier alpha value is -1.76. The molecule has 0 spiro atoms. The molecule has 1 fully saturated rings. The second kappa shape index (κ2) is 5.55. The highest BCUT2D eigenvalue weighted by Crippen LogP contribution is 2.23. The van der Waals surface area contributed by atoms with Gasteiger partial charge >= 0.3 is 6.36 Å². The summed E-state index contributed by atoms with van der Waals surface area (Å²) in [4.78, 5) is 13.9. The predicted octanol–water partition coefficient (Wildman–Crippen LogP) is 2.30. The Kier molecular flexibility index (Phi) is 4.13. The van der Waals surface area contributed by atoms with Gasteiger partial charge in [-0.25, -0.2) is 0 Å². The summed E-state index contributed by atoms with van der Waals surface area (Å²) in [7, 11) is 0. The SMILES string of the molecule is CC1(C)NCCN(Cc2ccc(OC(F)(F)F)cc2)C1=O. The zero-order chi connectivity index (χ0) is 15.7. The van der Waals surface area contributed by atoms with Gasteiger partial charge in [0, 0.05) is 19.6 Å². The number of alkyl halides is 3. The van der Waals surface area contributed by atoms with Crippen LogP contribution in [0.3, 0.4) is 0 Å². The first-order valence-electron chi connectivity index (χ1n) is 6.56. The summed E-state index contributed by atoms with van der Waals surface area (Å²) in [5, 5.41) is 3.12. The number of ether oxygens (including phenoxy) is 1. The lowest BCUT2D eigenvalue weighted by Crippen LogP contribution is -2.60. The largest absolute Gasteiger partial charge is 0.573 e. The molecule has 1 heterocycles. The van der Waals surface area contributed by atoms with Crippen molar-refractivity contribution in [1.82, 2.24) is 10.2 Å². The number of carbonyl (C=O) groups is 1. The lowest BCUT2D eigenvalue weighted by molar-refractivity contribution is -0.274. The highest BCUT2D eigenvalue weighted by atomic mass is 19.4. The lowest BCUT2D eigenvalue weighted by atomic mass is 10.0. The third kappa shape index (κ3) is 4.10. The monoisotopic (exact) mass is 302 g/mol. The summed E-state index contributed by atoms with van der Waals surface area (Å²) in [6.45, 7) is 5.25. The molecule has 0 radical (unpaired) electrons. The van der Waals surface area contributed by atoms with Crippen molar-refractivity contribution < 1.29 is 22.7 Å². The molecular formula is C14H17F3N2O2. The van der Waals surface area contributed by atoms with E-state index in [1.54, 1.807) is 4.90 Å². The average molecular weight is 302 g/mol. The summed E-state index contributed by atoms with van der Waals surface area (Å²) in [5.74, 6) is -0.289. The number of nitrogens with one attached hydrogen (secondary N) is 1. The van der Waals surface area contributed by atoms with Crippen LogP contribution in [0.25, 0.3) is 0 Å². The summed E-state index contributed by atoms with van der Waals surface area (Å²) >= 11 is 0. The Bertz CT molecular complexity index is 512. The van der Waals surface area contributed by atoms with E-state index < -0.39 is 11.9 Å². The Morgan fingerprint density at radius 2 is 1.90 bits per heavy atom. The van der Waals surface area contributed by atoms with Gasteiger partial charge in [0.15, 0.2) is 0 Å². The number of rotatable bonds is 3. The topological polar surface area (TPSA) is 41.6 Å². The molecule has 0 aliphatic carbocycles. The predicted molar refractivity (Wildman–Crippen MR) is 70.6 cm³/mol. The maximum atomic E-state index is 12.2. The molecule has 0 bridgehead atoms. The number of carbonyl (C=O) groups excluding carboxylic acids is 1. The van der Waals surface area contributed by atoms with Crippen LogP contribution in [0.5, 0.6) is 5.75 Å². The van der Waals surface area contributed by atoms with Crippen molar-refractivity contribution in [2.45, 2.75) is 32.3 Å². The molecule has 0 saturated carbocycles. The van der Waals surface area contributed by atoms with Crippen LogP contribution in [0.4, 0.5) is 13.2 Å². The van der Waals surface area contributed by atoms with Gasteiger partial charge in [-0.05, 0) is 31.5 Å². The van der Waals surface area contributed by atoms with E-state index in [0.717, 1.165) is 5.56 Å². The van der Waals surface area contributed by atoms with Crippen molar-refractivity contribution in [3.05, 3.63) is 29.8 Å². The summed E-state index contributed by atoms with van der Waals surface area (Å²) in [6, 6.07) is 5.56. The van der Waals surface area contributed by atoms with Crippen LogP contribution in [0.2, 0.25) is 0 Å². The molecule has 1 saturated heterocycles. The molecular weight excluding hydrogens is 285 g/mol. The Labute approximate surface area is 120 Å². The zero-order valence-corrected chi connectivity index (χ0v) is 11.8. The number of nitrogens with zero attached hydrogens (tertiary/aromatic N) is 1. The number of benzene rings is 1. The van der Waals surface area contributed by atoms with E-state index in [1.807, 2.05) is 13.8 Å². The molecule has 21 heavy (non-hydrogen) atoms. The van der Waals surface area contributed by atoms with E-state index in [9.17, 15) is 18.0 Å². The van der Waals surface area contributed by atoms with E-state index >= 15 is 0 Å². The van der Waals surface area contributed by atoms with Crippen LogP contribution in [0.1, 0.15) is 19.4 Å². The highest BCUT2D eigenvalue weighted by Gasteiger charge is 2.35. The second-order valence-electron chi connectivity index (χ2n) is 5.47. The Morgan fingerprint density at radius 1 is 1.29 bits per heavy atom. The van der Waals surface area contributed by atoms with Crippen LogP contribution < -0.4 is 10.1 Å². The molecule has 2 rings (SSSR count). The van der Waals surface area contributed by atoms with E-state index in [4.69, 9.17) is 0 Å². The molecule has 0 aromatic heterocycles. The van der Waals surface area contributed by atoms with Crippen molar-refractivity contribution in [1.29, 1.82) is 0 Å². The van der Waals surface area contributed by atoms with Crippen LogP contribution in [-0.4, -0.2) is 35.8 Å². The molecule has 7 heteroatoms. The van der Waals surface area contributed by atoms with Crippen LogP contribution in [0.15, 0.2) is 24.3 Å². The normalized spacial score (nSPS) is 18.7. The molecule has 0 atom stereocenters. The van der Waals surface area contributed by atoms with Gasteiger partial charge < -0.3 is 15.0 Å². The first-order valence-corrected chi connectivity index (χ1v) is 6.56. The van der Waals surface area contributed by atoms with Crippen molar-refractivity contribution >= 4 is 5.91 Å². The molecule has 1 aliphatic heterocycles. The van der Waals surface area contributed by atoms with E-state index in [0.29, 0.717) is 19.6 Å². The fourth-order valence-electron chi connectivity index (χ4n) is 2.24. The maximum absolute atomic E-state index is 12.2. The first kappa shape index (κ1) is 15.6.